The van der Waals surface area contributed by atoms with Gasteiger partial charge in [-0.05, 0) is 42.5 Å². The normalized spacial score (nSPS) is 11.5. The number of hydrogen-bond donors (Lipinski definition) is 2. The minimum absolute atomic E-state index is 0.222. The van der Waals surface area contributed by atoms with E-state index in [4.69, 9.17) is 4.74 Å². The summed E-state index contributed by atoms with van der Waals surface area (Å²) in [5.41, 5.74) is 1.17. The molecule has 0 unspecified atom stereocenters. The van der Waals surface area contributed by atoms with Crippen molar-refractivity contribution in [3.63, 3.8) is 0 Å². The first-order valence-corrected chi connectivity index (χ1v) is 12.5. The van der Waals surface area contributed by atoms with Gasteiger partial charge < -0.3 is 20.3 Å². The van der Waals surface area contributed by atoms with E-state index in [0.29, 0.717) is 37.3 Å². The molecule has 0 saturated carbocycles. The zero-order valence-corrected chi connectivity index (χ0v) is 20.6. The summed E-state index contributed by atoms with van der Waals surface area (Å²) in [5.74, 6) is -0.959. The predicted molar refractivity (Wildman–Crippen MR) is 137 cm³/mol. The van der Waals surface area contributed by atoms with Gasteiger partial charge in [-0.15, -0.1) is 11.3 Å². The van der Waals surface area contributed by atoms with Crippen LogP contribution in [0.1, 0.15) is 40.2 Å². The van der Waals surface area contributed by atoms with E-state index in [1.54, 1.807) is 24.3 Å². The zero-order chi connectivity index (χ0) is 24.9. The van der Waals surface area contributed by atoms with E-state index in [9.17, 15) is 14.4 Å². The van der Waals surface area contributed by atoms with E-state index >= 15 is 0 Å². The summed E-state index contributed by atoms with van der Waals surface area (Å²) in [5, 5.41) is 7.58. The number of carbonyl (C=O) groups excluding carboxylic acids is 3. The lowest BCUT2D eigenvalue weighted by Crippen LogP contribution is -2.47. The number of hydrogen-bond acceptors (Lipinski definition) is 5. The third-order valence-corrected chi connectivity index (χ3v) is 6.17. The van der Waals surface area contributed by atoms with Crippen LogP contribution in [0.4, 0.5) is 0 Å². The van der Waals surface area contributed by atoms with Crippen molar-refractivity contribution in [2.45, 2.75) is 25.9 Å². The molecule has 0 fully saturated rings. The molecule has 0 spiro atoms. The van der Waals surface area contributed by atoms with Gasteiger partial charge >= 0.3 is 0 Å². The summed E-state index contributed by atoms with van der Waals surface area (Å²) in [6.45, 7) is 3.57. The van der Waals surface area contributed by atoms with E-state index in [0.717, 1.165) is 4.88 Å². The largest absolute Gasteiger partial charge is 0.382 e. The Morgan fingerprint density at radius 3 is 2.31 bits per heavy atom. The number of ether oxygens (including phenoxy) is 1. The standard InChI is InChI=1S/C27H31N3O4S/c1-2-34-17-10-16-28-27(33)25(21-11-5-3-6-12-21)30(20-23-15-9-18-35-23)24(31)19-29-26(32)22-13-7-4-8-14-22/h3-9,11-15,18,25H,2,10,16-17,19-20H2,1H3,(H,28,33)(H,29,32)/t25-/m1/s1. The van der Waals surface area contributed by atoms with Gasteiger partial charge in [0.2, 0.25) is 11.8 Å². The lowest BCUT2D eigenvalue weighted by Gasteiger charge is -2.31. The average molecular weight is 494 g/mol. The molecule has 2 N–H and O–H groups in total. The van der Waals surface area contributed by atoms with Crippen LogP contribution in [0.3, 0.4) is 0 Å². The third kappa shape index (κ3) is 8.05. The molecule has 35 heavy (non-hydrogen) atoms. The number of thiophene rings is 1. The van der Waals surface area contributed by atoms with Crippen molar-refractivity contribution in [3.8, 4) is 0 Å². The van der Waals surface area contributed by atoms with Crippen LogP contribution >= 0.6 is 11.3 Å². The Balaban J connectivity index is 1.80. The Hall–Kier alpha value is -3.49. The topological polar surface area (TPSA) is 87.7 Å². The Labute approximate surface area is 210 Å². The molecule has 1 heterocycles. The lowest BCUT2D eigenvalue weighted by molar-refractivity contribution is -0.140. The van der Waals surface area contributed by atoms with Crippen molar-refractivity contribution in [1.29, 1.82) is 0 Å². The number of rotatable bonds is 13. The molecule has 1 atom stereocenters. The molecule has 3 rings (SSSR count). The smallest absolute Gasteiger partial charge is 0.251 e. The maximum Gasteiger partial charge on any atom is 0.251 e. The molecule has 0 aliphatic heterocycles. The van der Waals surface area contributed by atoms with Gasteiger partial charge in [-0.3, -0.25) is 14.4 Å². The van der Waals surface area contributed by atoms with Crippen LogP contribution in [0.15, 0.2) is 78.2 Å². The highest BCUT2D eigenvalue weighted by Crippen LogP contribution is 2.25. The number of nitrogens with one attached hydrogen (secondary N) is 2. The van der Waals surface area contributed by atoms with Gasteiger partial charge in [0.15, 0.2) is 0 Å². The Kier molecular flexibility index (Phi) is 10.5. The minimum Gasteiger partial charge on any atom is -0.382 e. The number of nitrogens with zero attached hydrogens (tertiary/aromatic N) is 1. The molecular weight excluding hydrogens is 462 g/mol. The summed E-state index contributed by atoms with van der Waals surface area (Å²) >= 11 is 1.51. The fraction of sp³-hybridized carbons (Fsp3) is 0.296. The van der Waals surface area contributed by atoms with Gasteiger partial charge in [-0.2, -0.15) is 0 Å². The maximum atomic E-state index is 13.5. The molecule has 7 nitrogen and oxygen atoms in total. The van der Waals surface area contributed by atoms with Gasteiger partial charge in [0.25, 0.3) is 5.91 Å². The summed E-state index contributed by atoms with van der Waals surface area (Å²) in [4.78, 5) is 41.8. The van der Waals surface area contributed by atoms with Crippen molar-refractivity contribution in [2.75, 3.05) is 26.3 Å². The Morgan fingerprint density at radius 2 is 1.66 bits per heavy atom. The predicted octanol–water partition coefficient (Wildman–Crippen LogP) is 3.79. The lowest BCUT2D eigenvalue weighted by atomic mass is 10.0. The molecule has 8 heteroatoms. The van der Waals surface area contributed by atoms with Crippen molar-refractivity contribution in [1.82, 2.24) is 15.5 Å². The highest BCUT2D eigenvalue weighted by Gasteiger charge is 2.31. The third-order valence-electron chi connectivity index (χ3n) is 5.31. The van der Waals surface area contributed by atoms with E-state index in [2.05, 4.69) is 10.6 Å². The van der Waals surface area contributed by atoms with Crippen molar-refractivity contribution in [2.24, 2.45) is 0 Å². The molecule has 1 aromatic heterocycles. The van der Waals surface area contributed by atoms with Gasteiger partial charge in [0, 0.05) is 30.2 Å². The molecule has 0 aliphatic carbocycles. The second-order valence-electron chi connectivity index (χ2n) is 7.80. The summed E-state index contributed by atoms with van der Waals surface area (Å²) in [6.07, 6.45) is 0.674. The van der Waals surface area contributed by atoms with Gasteiger partial charge in [-0.25, -0.2) is 0 Å². The molecule has 2 aromatic carbocycles. The number of carbonyl (C=O) groups is 3. The van der Waals surface area contributed by atoms with Crippen LogP contribution in [0.5, 0.6) is 0 Å². The van der Waals surface area contributed by atoms with Crippen LogP contribution in [0.25, 0.3) is 0 Å². The number of benzene rings is 2. The molecule has 3 aromatic rings. The first-order chi connectivity index (χ1) is 17.1. The van der Waals surface area contributed by atoms with Crippen LogP contribution in [0, 0.1) is 0 Å². The van der Waals surface area contributed by atoms with Crippen LogP contribution in [-0.2, 0) is 20.9 Å². The second kappa shape index (κ2) is 14.0. The Morgan fingerprint density at radius 1 is 0.943 bits per heavy atom. The van der Waals surface area contributed by atoms with E-state index in [1.807, 2.05) is 60.8 Å². The first kappa shape index (κ1) is 26.1. The van der Waals surface area contributed by atoms with E-state index < -0.39 is 6.04 Å². The van der Waals surface area contributed by atoms with E-state index in [1.165, 1.54) is 16.2 Å². The molecule has 0 aliphatic rings. The first-order valence-electron chi connectivity index (χ1n) is 11.7. The van der Waals surface area contributed by atoms with Crippen molar-refractivity contribution in [3.05, 3.63) is 94.2 Å². The molecular formula is C27H31N3O4S. The zero-order valence-electron chi connectivity index (χ0n) is 19.8. The van der Waals surface area contributed by atoms with Gasteiger partial charge in [0.1, 0.15) is 6.04 Å². The second-order valence-corrected chi connectivity index (χ2v) is 8.84. The average Bonchev–Trinajstić information content (AvgIpc) is 3.41. The Bertz CT molecular complexity index is 1060. The van der Waals surface area contributed by atoms with Crippen LogP contribution in [-0.4, -0.2) is 48.9 Å². The van der Waals surface area contributed by atoms with Gasteiger partial charge in [0.05, 0.1) is 13.1 Å². The fourth-order valence-electron chi connectivity index (χ4n) is 3.58. The van der Waals surface area contributed by atoms with Crippen molar-refractivity contribution < 1.29 is 19.1 Å². The SMILES string of the molecule is CCOCCCNC(=O)[C@@H](c1ccccc1)N(Cc1cccs1)C(=O)CNC(=O)c1ccccc1. The minimum atomic E-state index is -0.841. The molecule has 0 radical (unpaired) electrons. The molecule has 0 saturated heterocycles. The molecule has 3 amide bonds. The van der Waals surface area contributed by atoms with Gasteiger partial charge in [-0.1, -0.05) is 54.6 Å². The van der Waals surface area contributed by atoms with Crippen LogP contribution < -0.4 is 10.6 Å². The quantitative estimate of drug-likeness (QED) is 0.355. The maximum absolute atomic E-state index is 13.5. The molecule has 184 valence electrons. The summed E-state index contributed by atoms with van der Waals surface area (Å²) < 4.78 is 5.35. The monoisotopic (exact) mass is 493 g/mol. The molecule has 0 bridgehead atoms. The summed E-state index contributed by atoms with van der Waals surface area (Å²) in [7, 11) is 0. The highest BCUT2D eigenvalue weighted by molar-refractivity contribution is 7.09. The van der Waals surface area contributed by atoms with Crippen molar-refractivity contribution >= 4 is 29.1 Å². The van der Waals surface area contributed by atoms with Crippen LogP contribution in [0.2, 0.25) is 0 Å². The number of amides is 3. The fourth-order valence-corrected chi connectivity index (χ4v) is 4.28. The summed E-state index contributed by atoms with van der Waals surface area (Å²) in [6, 6.07) is 20.9. The van der Waals surface area contributed by atoms with E-state index in [-0.39, 0.29) is 30.8 Å². The highest BCUT2D eigenvalue weighted by atomic mass is 32.1.